The average molecular weight is 471 g/mol. The molecule has 1 aromatic heterocycles. The second-order valence-electron chi connectivity index (χ2n) is 8.75. The minimum atomic E-state index is -0.937. The van der Waals surface area contributed by atoms with Crippen molar-refractivity contribution in [3.8, 4) is 22.4 Å². The summed E-state index contributed by atoms with van der Waals surface area (Å²) in [5.41, 5.74) is 3.98. The van der Waals surface area contributed by atoms with Gasteiger partial charge < -0.3 is 9.84 Å². The number of halogens is 2. The molecule has 0 saturated heterocycles. The topological polar surface area (TPSA) is 64.4 Å². The molecular weight excluding hydrogens is 443 g/mol. The van der Waals surface area contributed by atoms with Crippen molar-refractivity contribution in [2.75, 3.05) is 13.2 Å². The zero-order valence-corrected chi connectivity index (χ0v) is 19.4. The number of carboxylic acid groups (broad SMARTS) is 1. The summed E-state index contributed by atoms with van der Waals surface area (Å²) >= 11 is 6.14. The summed E-state index contributed by atoms with van der Waals surface area (Å²) in [5.74, 6) is -0.584. The van der Waals surface area contributed by atoms with E-state index >= 15 is 4.39 Å². The van der Waals surface area contributed by atoms with Crippen LogP contribution in [0.3, 0.4) is 0 Å². The van der Waals surface area contributed by atoms with E-state index in [-0.39, 0.29) is 11.6 Å². The fourth-order valence-electron chi connectivity index (χ4n) is 4.76. The fraction of sp³-hybridized carbons (Fsp3) is 0.385. The maximum absolute atomic E-state index is 15.1. The molecular formula is C26H28ClFN2O3. The number of hydrogen-bond acceptors (Lipinski definition) is 3. The molecule has 7 heteroatoms. The number of aryl methyl sites for hydroxylation is 1. The molecule has 0 aliphatic heterocycles. The molecule has 0 atom stereocenters. The molecule has 1 saturated carbocycles. The first-order valence-electron chi connectivity index (χ1n) is 11.3. The Bertz CT molecular complexity index is 1110. The van der Waals surface area contributed by atoms with Crippen molar-refractivity contribution in [2.45, 2.75) is 39.2 Å². The van der Waals surface area contributed by atoms with Crippen LogP contribution < -0.4 is 0 Å². The lowest BCUT2D eigenvalue weighted by atomic mass is 9.82. The molecule has 4 rings (SSSR count). The van der Waals surface area contributed by atoms with Gasteiger partial charge in [-0.2, -0.15) is 5.10 Å². The number of rotatable bonds is 8. The van der Waals surface area contributed by atoms with Gasteiger partial charge in [-0.1, -0.05) is 48.0 Å². The number of nitrogens with zero attached hydrogens (tertiary/aromatic N) is 2. The smallest absolute Gasteiger partial charge is 0.329 e. The minimum Gasteiger partial charge on any atom is -0.480 e. The zero-order chi connectivity index (χ0) is 23.4. The van der Waals surface area contributed by atoms with E-state index in [2.05, 4.69) is 0 Å². The van der Waals surface area contributed by atoms with E-state index in [1.54, 1.807) is 18.2 Å². The summed E-state index contributed by atoms with van der Waals surface area (Å²) in [6.45, 7) is 2.89. The number of aromatic nitrogens is 2. The van der Waals surface area contributed by atoms with Crippen molar-refractivity contribution in [3.63, 3.8) is 0 Å². The highest BCUT2D eigenvalue weighted by molar-refractivity contribution is 6.31. The van der Waals surface area contributed by atoms with Crippen molar-refractivity contribution in [3.05, 3.63) is 65.1 Å². The number of ether oxygens (including phenoxy) is 1. The third-order valence-corrected chi connectivity index (χ3v) is 6.67. The molecule has 1 N–H and O–H groups in total. The van der Waals surface area contributed by atoms with Gasteiger partial charge in [-0.15, -0.1) is 0 Å². The Labute approximate surface area is 198 Å². The van der Waals surface area contributed by atoms with Gasteiger partial charge in [0.15, 0.2) is 5.82 Å². The maximum Gasteiger partial charge on any atom is 0.329 e. The van der Waals surface area contributed by atoms with Gasteiger partial charge in [-0.3, -0.25) is 4.68 Å². The van der Waals surface area contributed by atoms with Crippen LogP contribution in [0.1, 0.15) is 31.4 Å². The highest BCUT2D eigenvalue weighted by Gasteiger charge is 2.26. The molecule has 1 aliphatic rings. The Kier molecular flexibility index (Phi) is 7.46. The highest BCUT2D eigenvalue weighted by atomic mass is 35.5. The van der Waals surface area contributed by atoms with Crippen molar-refractivity contribution in [2.24, 2.45) is 11.8 Å². The molecule has 33 heavy (non-hydrogen) atoms. The van der Waals surface area contributed by atoms with Crippen molar-refractivity contribution >= 4 is 17.6 Å². The second-order valence-corrected chi connectivity index (χ2v) is 9.16. The molecule has 1 fully saturated rings. The predicted octanol–water partition coefficient (Wildman–Crippen LogP) is 6.23. The van der Waals surface area contributed by atoms with Crippen LogP contribution in [0.4, 0.5) is 4.39 Å². The van der Waals surface area contributed by atoms with Gasteiger partial charge in [0.1, 0.15) is 6.61 Å². The van der Waals surface area contributed by atoms with Crippen molar-refractivity contribution in [1.29, 1.82) is 0 Å². The molecule has 2 aromatic carbocycles. The third kappa shape index (κ3) is 5.45. The van der Waals surface area contributed by atoms with Gasteiger partial charge in [0.05, 0.1) is 23.0 Å². The second kappa shape index (κ2) is 10.5. The first kappa shape index (κ1) is 23.5. The van der Waals surface area contributed by atoms with Crippen molar-refractivity contribution < 1.29 is 19.0 Å². The number of carbonyl (C=O) groups is 1. The summed E-state index contributed by atoms with van der Waals surface area (Å²) in [6.07, 6.45) is 3.96. The van der Waals surface area contributed by atoms with Crippen LogP contribution in [0, 0.1) is 24.6 Å². The Morgan fingerprint density at radius 2 is 1.82 bits per heavy atom. The molecule has 0 radical (unpaired) electrons. The first-order valence-corrected chi connectivity index (χ1v) is 11.7. The summed E-state index contributed by atoms with van der Waals surface area (Å²) in [6, 6.07) is 15.0. The fourth-order valence-corrected chi connectivity index (χ4v) is 4.94. The number of benzene rings is 2. The minimum absolute atomic E-state index is 0.0961. The van der Waals surface area contributed by atoms with Crippen LogP contribution in [0.15, 0.2) is 48.5 Å². The molecule has 174 valence electrons. The largest absolute Gasteiger partial charge is 0.480 e. The van der Waals surface area contributed by atoms with Gasteiger partial charge >= 0.3 is 5.97 Å². The monoisotopic (exact) mass is 470 g/mol. The summed E-state index contributed by atoms with van der Waals surface area (Å²) in [5, 5.41) is 13.7. The van der Waals surface area contributed by atoms with Crippen molar-refractivity contribution in [1.82, 2.24) is 9.78 Å². The van der Waals surface area contributed by atoms with E-state index < -0.39 is 11.8 Å². The van der Waals surface area contributed by atoms with E-state index in [4.69, 9.17) is 26.5 Å². The standard InChI is InChI=1S/C26H28ClFN2O3/c1-17-24(20-6-3-2-4-7-20)26(21-8-5-9-22(27)25(21)28)30(29-17)14-18-10-12-19(13-11-18)15-33-16-23(31)32/h2-9,18-19H,10-16H2,1H3,(H,31,32)/t18-,19-. The Balaban J connectivity index is 1.59. The summed E-state index contributed by atoms with van der Waals surface area (Å²) < 4.78 is 22.4. The number of hydrogen-bond donors (Lipinski definition) is 1. The molecule has 0 bridgehead atoms. The van der Waals surface area contributed by atoms with Crippen LogP contribution in [0.25, 0.3) is 22.4 Å². The SMILES string of the molecule is Cc1nn(C[C@H]2CC[C@H](COCC(=O)O)CC2)c(-c2cccc(Cl)c2F)c1-c1ccccc1. The third-order valence-electron chi connectivity index (χ3n) is 6.37. The summed E-state index contributed by atoms with van der Waals surface area (Å²) in [7, 11) is 0. The van der Waals surface area contributed by atoms with Crippen LogP contribution in [0.5, 0.6) is 0 Å². The predicted molar refractivity (Wildman–Crippen MR) is 127 cm³/mol. The van der Waals surface area contributed by atoms with Gasteiger partial charge in [-0.05, 0) is 62.1 Å². The van der Waals surface area contributed by atoms with Gasteiger partial charge in [-0.25, -0.2) is 9.18 Å². The van der Waals surface area contributed by atoms with E-state index in [1.165, 1.54) is 0 Å². The average Bonchev–Trinajstić information content (AvgIpc) is 3.12. The lowest BCUT2D eigenvalue weighted by Crippen LogP contribution is -2.23. The van der Waals surface area contributed by atoms with Gasteiger partial charge in [0.25, 0.3) is 0 Å². The Morgan fingerprint density at radius 3 is 2.52 bits per heavy atom. The lowest BCUT2D eigenvalue weighted by Gasteiger charge is -2.28. The van der Waals surface area contributed by atoms with E-state index in [1.807, 2.05) is 41.9 Å². The summed E-state index contributed by atoms with van der Waals surface area (Å²) in [4.78, 5) is 10.7. The molecule has 1 aliphatic carbocycles. The highest BCUT2D eigenvalue weighted by Crippen LogP contribution is 2.39. The van der Waals surface area contributed by atoms with Crippen LogP contribution in [0.2, 0.25) is 5.02 Å². The Hall–Kier alpha value is -2.70. The molecule has 0 unspecified atom stereocenters. The molecule has 5 nitrogen and oxygen atoms in total. The maximum atomic E-state index is 15.1. The zero-order valence-electron chi connectivity index (χ0n) is 18.6. The van der Waals surface area contributed by atoms with Crippen LogP contribution in [-0.2, 0) is 16.1 Å². The molecule has 0 spiro atoms. The van der Waals surface area contributed by atoms with Gasteiger partial charge in [0.2, 0.25) is 0 Å². The molecule has 1 heterocycles. The van der Waals surface area contributed by atoms with E-state index in [9.17, 15) is 4.79 Å². The molecule has 0 amide bonds. The van der Waals surface area contributed by atoms with Crippen LogP contribution >= 0.6 is 11.6 Å². The quantitative estimate of drug-likeness (QED) is 0.424. The first-order chi connectivity index (χ1) is 15.9. The lowest BCUT2D eigenvalue weighted by molar-refractivity contribution is -0.142. The van der Waals surface area contributed by atoms with E-state index in [0.717, 1.165) is 48.2 Å². The van der Waals surface area contributed by atoms with E-state index in [0.29, 0.717) is 30.6 Å². The normalized spacial score (nSPS) is 18.4. The Morgan fingerprint density at radius 1 is 1.12 bits per heavy atom. The van der Waals surface area contributed by atoms with Crippen LogP contribution in [-0.4, -0.2) is 34.1 Å². The number of carboxylic acids is 1. The number of aliphatic carboxylic acids is 1. The van der Waals surface area contributed by atoms with Gasteiger partial charge in [0, 0.05) is 17.7 Å². The molecule has 3 aromatic rings.